The fourth-order valence-corrected chi connectivity index (χ4v) is 2.30. The van der Waals surface area contributed by atoms with Crippen molar-refractivity contribution in [2.24, 2.45) is 4.99 Å². The number of nitrogens with one attached hydrogen (secondary N) is 2. The Morgan fingerprint density at radius 1 is 1.15 bits per heavy atom. The zero-order valence-corrected chi connectivity index (χ0v) is 17.4. The first-order chi connectivity index (χ1) is 12.2. The SMILES string of the molecule is CN=C(NCCc1ccc(OC)c(OC)c1)NCc1ncccc1F.I. The smallest absolute Gasteiger partial charge is 0.191 e. The van der Waals surface area contributed by atoms with Gasteiger partial charge in [0.15, 0.2) is 17.5 Å². The number of halogens is 2. The monoisotopic (exact) mass is 474 g/mol. The van der Waals surface area contributed by atoms with Crippen molar-refractivity contribution in [3.63, 3.8) is 0 Å². The molecular weight excluding hydrogens is 450 g/mol. The summed E-state index contributed by atoms with van der Waals surface area (Å²) >= 11 is 0. The number of methoxy groups -OCH3 is 2. The lowest BCUT2D eigenvalue weighted by molar-refractivity contribution is 0.354. The first-order valence-electron chi connectivity index (χ1n) is 7.92. The van der Waals surface area contributed by atoms with Crippen LogP contribution in [-0.2, 0) is 13.0 Å². The largest absolute Gasteiger partial charge is 0.493 e. The van der Waals surface area contributed by atoms with Gasteiger partial charge in [-0.1, -0.05) is 6.07 Å². The van der Waals surface area contributed by atoms with Gasteiger partial charge in [0.05, 0.1) is 26.5 Å². The molecule has 0 saturated heterocycles. The van der Waals surface area contributed by atoms with Gasteiger partial charge in [0.1, 0.15) is 5.82 Å². The van der Waals surface area contributed by atoms with E-state index in [4.69, 9.17) is 9.47 Å². The molecule has 0 saturated carbocycles. The molecule has 0 spiro atoms. The van der Waals surface area contributed by atoms with E-state index in [-0.39, 0.29) is 36.3 Å². The number of guanidine groups is 1. The summed E-state index contributed by atoms with van der Waals surface area (Å²) in [6.45, 7) is 0.933. The second-order valence-corrected chi connectivity index (χ2v) is 5.22. The summed E-state index contributed by atoms with van der Waals surface area (Å²) in [5, 5.41) is 6.24. The van der Waals surface area contributed by atoms with Gasteiger partial charge in [-0.2, -0.15) is 0 Å². The van der Waals surface area contributed by atoms with Crippen molar-refractivity contribution < 1.29 is 13.9 Å². The van der Waals surface area contributed by atoms with Crippen LogP contribution in [0.4, 0.5) is 4.39 Å². The molecule has 0 radical (unpaired) electrons. The van der Waals surface area contributed by atoms with Crippen LogP contribution < -0.4 is 20.1 Å². The molecule has 0 amide bonds. The van der Waals surface area contributed by atoms with Crippen LogP contribution in [0.5, 0.6) is 11.5 Å². The molecule has 0 unspecified atom stereocenters. The molecule has 0 aliphatic carbocycles. The van der Waals surface area contributed by atoms with Crippen LogP contribution in [-0.4, -0.2) is 38.8 Å². The van der Waals surface area contributed by atoms with Gasteiger partial charge in [-0.3, -0.25) is 9.98 Å². The predicted octanol–water partition coefficient (Wildman–Crippen LogP) is 2.76. The molecule has 6 nitrogen and oxygen atoms in total. The number of nitrogens with zero attached hydrogens (tertiary/aromatic N) is 2. The fourth-order valence-electron chi connectivity index (χ4n) is 2.30. The fraction of sp³-hybridized carbons (Fsp3) is 0.333. The number of aliphatic imine (C=N–C) groups is 1. The number of hydrogen-bond donors (Lipinski definition) is 2. The summed E-state index contributed by atoms with van der Waals surface area (Å²) in [4.78, 5) is 8.13. The number of rotatable bonds is 7. The average molecular weight is 474 g/mol. The number of aromatic nitrogens is 1. The van der Waals surface area contributed by atoms with E-state index in [0.29, 0.717) is 29.7 Å². The Morgan fingerprint density at radius 3 is 2.58 bits per heavy atom. The Labute approximate surface area is 170 Å². The average Bonchev–Trinajstić information content (AvgIpc) is 2.65. The topological polar surface area (TPSA) is 67.8 Å². The molecule has 0 atom stereocenters. The second kappa shape index (κ2) is 11.5. The summed E-state index contributed by atoms with van der Waals surface area (Å²) < 4.78 is 24.1. The summed E-state index contributed by atoms with van der Waals surface area (Å²) in [5.74, 6) is 1.66. The van der Waals surface area contributed by atoms with Crippen LogP contribution in [0.2, 0.25) is 0 Å². The Hall–Kier alpha value is -2.10. The first kappa shape index (κ1) is 21.9. The maximum atomic E-state index is 13.6. The highest BCUT2D eigenvalue weighted by atomic mass is 127. The third kappa shape index (κ3) is 6.32. The number of pyridine rings is 1. The maximum absolute atomic E-state index is 13.6. The lowest BCUT2D eigenvalue weighted by atomic mass is 10.1. The molecule has 0 aliphatic rings. The quantitative estimate of drug-likeness (QED) is 0.367. The molecule has 26 heavy (non-hydrogen) atoms. The van der Waals surface area contributed by atoms with E-state index in [2.05, 4.69) is 20.6 Å². The zero-order valence-electron chi connectivity index (χ0n) is 15.1. The van der Waals surface area contributed by atoms with Crippen LogP contribution in [0.25, 0.3) is 0 Å². The molecule has 1 aromatic carbocycles. The standard InChI is InChI=1S/C18H23FN4O2.HI/c1-20-18(23-12-15-14(19)5-4-9-21-15)22-10-8-13-6-7-16(24-2)17(11-13)25-3;/h4-7,9,11H,8,10,12H2,1-3H3,(H2,20,22,23);1H. The molecule has 8 heteroatoms. The van der Waals surface area contributed by atoms with Gasteiger partial charge in [0, 0.05) is 19.8 Å². The third-order valence-electron chi connectivity index (χ3n) is 3.64. The lowest BCUT2D eigenvalue weighted by Gasteiger charge is -2.13. The lowest BCUT2D eigenvalue weighted by Crippen LogP contribution is -2.38. The van der Waals surface area contributed by atoms with E-state index in [1.54, 1.807) is 33.5 Å². The van der Waals surface area contributed by atoms with Crippen molar-refractivity contribution in [3.8, 4) is 11.5 Å². The van der Waals surface area contributed by atoms with Gasteiger partial charge in [-0.25, -0.2) is 4.39 Å². The Kier molecular flexibility index (Phi) is 9.71. The van der Waals surface area contributed by atoms with Crippen molar-refractivity contribution in [2.45, 2.75) is 13.0 Å². The number of benzene rings is 1. The van der Waals surface area contributed by atoms with Crippen LogP contribution >= 0.6 is 24.0 Å². The second-order valence-electron chi connectivity index (χ2n) is 5.22. The number of ether oxygens (including phenoxy) is 2. The van der Waals surface area contributed by atoms with Crippen molar-refractivity contribution in [1.82, 2.24) is 15.6 Å². The Morgan fingerprint density at radius 2 is 1.92 bits per heavy atom. The van der Waals surface area contributed by atoms with Crippen molar-refractivity contribution >= 4 is 29.9 Å². The molecule has 142 valence electrons. The van der Waals surface area contributed by atoms with E-state index in [0.717, 1.165) is 12.0 Å². The van der Waals surface area contributed by atoms with Gasteiger partial charge in [0.25, 0.3) is 0 Å². The molecule has 0 fully saturated rings. The van der Waals surface area contributed by atoms with Gasteiger partial charge < -0.3 is 20.1 Å². The van der Waals surface area contributed by atoms with E-state index < -0.39 is 0 Å². The summed E-state index contributed by atoms with van der Waals surface area (Å²) in [6.07, 6.45) is 2.34. The summed E-state index contributed by atoms with van der Waals surface area (Å²) in [6, 6.07) is 8.76. The summed E-state index contributed by atoms with van der Waals surface area (Å²) in [7, 11) is 4.89. The van der Waals surface area contributed by atoms with Crippen LogP contribution in [0.1, 0.15) is 11.3 Å². The van der Waals surface area contributed by atoms with Crippen molar-refractivity contribution in [3.05, 3.63) is 53.6 Å². The predicted molar refractivity (Wildman–Crippen MR) is 111 cm³/mol. The van der Waals surface area contributed by atoms with E-state index in [1.165, 1.54) is 6.07 Å². The molecule has 1 heterocycles. The van der Waals surface area contributed by atoms with Gasteiger partial charge in [-0.15, -0.1) is 24.0 Å². The summed E-state index contributed by atoms with van der Waals surface area (Å²) in [5.41, 5.74) is 1.46. The molecule has 2 N–H and O–H groups in total. The molecular formula is C18H24FIN4O2. The van der Waals surface area contributed by atoms with Crippen molar-refractivity contribution in [1.29, 1.82) is 0 Å². The highest BCUT2D eigenvalue weighted by molar-refractivity contribution is 14.0. The van der Waals surface area contributed by atoms with E-state index in [9.17, 15) is 4.39 Å². The highest BCUT2D eigenvalue weighted by Gasteiger charge is 2.06. The first-order valence-corrected chi connectivity index (χ1v) is 7.92. The highest BCUT2D eigenvalue weighted by Crippen LogP contribution is 2.27. The normalized spacial score (nSPS) is 10.7. The van der Waals surface area contributed by atoms with E-state index in [1.807, 2.05) is 18.2 Å². The molecule has 1 aromatic heterocycles. The molecule has 2 aromatic rings. The van der Waals surface area contributed by atoms with Gasteiger partial charge in [-0.05, 0) is 36.2 Å². The zero-order chi connectivity index (χ0) is 18.1. The molecule has 0 aliphatic heterocycles. The van der Waals surface area contributed by atoms with E-state index >= 15 is 0 Å². The minimum atomic E-state index is -0.337. The minimum absolute atomic E-state index is 0. The van der Waals surface area contributed by atoms with Gasteiger partial charge in [0.2, 0.25) is 0 Å². The number of hydrogen-bond acceptors (Lipinski definition) is 4. The van der Waals surface area contributed by atoms with Crippen LogP contribution in [0.15, 0.2) is 41.5 Å². The van der Waals surface area contributed by atoms with Crippen LogP contribution in [0.3, 0.4) is 0 Å². The van der Waals surface area contributed by atoms with Crippen LogP contribution in [0, 0.1) is 5.82 Å². The minimum Gasteiger partial charge on any atom is -0.493 e. The molecule has 2 rings (SSSR count). The van der Waals surface area contributed by atoms with Gasteiger partial charge >= 0.3 is 0 Å². The van der Waals surface area contributed by atoms with Crippen molar-refractivity contribution in [2.75, 3.05) is 27.8 Å². The molecule has 0 bridgehead atoms. The Balaban J connectivity index is 0.00000338. The Bertz CT molecular complexity index is 728. The third-order valence-corrected chi connectivity index (χ3v) is 3.64. The maximum Gasteiger partial charge on any atom is 0.191 e.